The summed E-state index contributed by atoms with van der Waals surface area (Å²) in [6.07, 6.45) is 4.89. The highest BCUT2D eigenvalue weighted by Gasteiger charge is 2.28. The number of benzene rings is 2. The lowest BCUT2D eigenvalue weighted by Crippen LogP contribution is -2.31. The molecule has 2 aromatic rings. The van der Waals surface area contributed by atoms with E-state index in [2.05, 4.69) is 4.72 Å². The first-order valence-electron chi connectivity index (χ1n) is 8.60. The molecule has 1 atom stereocenters. The lowest BCUT2D eigenvalue weighted by Gasteiger charge is -2.26. The minimum absolute atomic E-state index is 0.278. The Morgan fingerprint density at radius 1 is 1.08 bits per heavy atom. The molecule has 2 aliphatic rings. The van der Waals surface area contributed by atoms with E-state index in [-0.39, 0.29) is 11.9 Å². The van der Waals surface area contributed by atoms with E-state index in [1.54, 1.807) is 18.2 Å². The molecule has 0 aromatic heterocycles. The second-order valence-electron chi connectivity index (χ2n) is 6.61. The Labute approximate surface area is 152 Å². The average molecular weight is 378 g/mol. The van der Waals surface area contributed by atoms with Gasteiger partial charge in [-0.05, 0) is 72.7 Å². The van der Waals surface area contributed by atoms with Gasteiger partial charge in [0.25, 0.3) is 0 Å². The summed E-state index contributed by atoms with van der Waals surface area (Å²) < 4.78 is 42.5. The summed E-state index contributed by atoms with van der Waals surface area (Å²) in [7, 11) is -3.63. The average Bonchev–Trinajstić information content (AvgIpc) is 2.62. The van der Waals surface area contributed by atoms with E-state index in [0.717, 1.165) is 30.4 Å². The van der Waals surface area contributed by atoms with Gasteiger partial charge >= 0.3 is 0 Å². The second kappa shape index (κ2) is 6.74. The van der Waals surface area contributed by atoms with Crippen molar-refractivity contribution in [1.82, 2.24) is 4.72 Å². The first-order valence-corrected chi connectivity index (χ1v) is 11.1. The first-order chi connectivity index (χ1) is 12.0. The Hall–Kier alpha value is -1.37. The van der Waals surface area contributed by atoms with Crippen molar-refractivity contribution in [3.63, 3.8) is 0 Å². The largest absolute Gasteiger partial charge is 0.241 e. The maximum absolute atomic E-state index is 14.0. The van der Waals surface area contributed by atoms with Gasteiger partial charge in [0.15, 0.2) is 0 Å². The van der Waals surface area contributed by atoms with Crippen LogP contribution < -0.4 is 4.72 Å². The van der Waals surface area contributed by atoms with Gasteiger partial charge in [0.1, 0.15) is 5.82 Å². The van der Waals surface area contributed by atoms with Crippen LogP contribution in [-0.2, 0) is 22.9 Å². The molecule has 0 radical (unpaired) electrons. The third-order valence-electron chi connectivity index (χ3n) is 4.95. The van der Waals surface area contributed by atoms with Gasteiger partial charge in [-0.15, -0.1) is 11.8 Å². The van der Waals surface area contributed by atoms with Gasteiger partial charge in [0.2, 0.25) is 10.0 Å². The SMILES string of the molecule is O=S(=O)(NC1CCSc2c(F)cccc21)c1ccc2c(c1)CCCC2. The molecule has 2 aromatic carbocycles. The molecule has 0 saturated carbocycles. The number of rotatable bonds is 3. The van der Waals surface area contributed by atoms with Gasteiger partial charge in [-0.1, -0.05) is 18.2 Å². The molecule has 132 valence electrons. The number of hydrogen-bond donors (Lipinski definition) is 1. The molecule has 0 bridgehead atoms. The molecule has 25 heavy (non-hydrogen) atoms. The monoisotopic (exact) mass is 377 g/mol. The first kappa shape index (κ1) is 17.1. The normalized spacial score (nSPS) is 20.0. The predicted molar refractivity (Wildman–Crippen MR) is 97.9 cm³/mol. The lowest BCUT2D eigenvalue weighted by atomic mass is 9.92. The maximum Gasteiger partial charge on any atom is 0.241 e. The fourth-order valence-corrected chi connectivity index (χ4v) is 6.08. The number of nitrogens with one attached hydrogen (secondary N) is 1. The van der Waals surface area contributed by atoms with Crippen LogP contribution in [0.4, 0.5) is 4.39 Å². The summed E-state index contributed by atoms with van der Waals surface area (Å²) in [5, 5.41) is 0. The number of hydrogen-bond acceptors (Lipinski definition) is 3. The Kier molecular flexibility index (Phi) is 4.60. The van der Waals surface area contributed by atoms with E-state index in [9.17, 15) is 12.8 Å². The van der Waals surface area contributed by atoms with Crippen molar-refractivity contribution < 1.29 is 12.8 Å². The smallest absolute Gasteiger partial charge is 0.207 e. The molecule has 1 unspecified atom stereocenters. The van der Waals surface area contributed by atoms with E-state index in [1.165, 1.54) is 29.8 Å². The quantitative estimate of drug-likeness (QED) is 0.871. The van der Waals surface area contributed by atoms with E-state index in [0.29, 0.717) is 22.0 Å². The number of halogens is 1. The molecule has 4 rings (SSSR count). The summed E-state index contributed by atoms with van der Waals surface area (Å²) in [6.45, 7) is 0. The van der Waals surface area contributed by atoms with Crippen LogP contribution in [0.5, 0.6) is 0 Å². The van der Waals surface area contributed by atoms with Crippen molar-refractivity contribution in [2.24, 2.45) is 0 Å². The van der Waals surface area contributed by atoms with Gasteiger partial charge in [0.05, 0.1) is 4.90 Å². The Morgan fingerprint density at radius 2 is 1.88 bits per heavy atom. The van der Waals surface area contributed by atoms with Crippen LogP contribution in [-0.4, -0.2) is 14.2 Å². The van der Waals surface area contributed by atoms with E-state index >= 15 is 0 Å². The number of thioether (sulfide) groups is 1. The Morgan fingerprint density at radius 3 is 2.72 bits per heavy atom. The van der Waals surface area contributed by atoms with E-state index < -0.39 is 10.0 Å². The molecule has 0 saturated heterocycles. The minimum Gasteiger partial charge on any atom is -0.207 e. The van der Waals surface area contributed by atoms with Crippen LogP contribution in [0.15, 0.2) is 46.2 Å². The highest BCUT2D eigenvalue weighted by molar-refractivity contribution is 7.99. The summed E-state index contributed by atoms with van der Waals surface area (Å²) in [5.74, 6) is 0.422. The van der Waals surface area contributed by atoms with Crippen molar-refractivity contribution in [3.05, 3.63) is 58.9 Å². The van der Waals surface area contributed by atoms with Crippen LogP contribution in [0, 0.1) is 5.82 Å². The van der Waals surface area contributed by atoms with Gasteiger partial charge in [-0.3, -0.25) is 0 Å². The summed E-state index contributed by atoms with van der Waals surface area (Å²) in [4.78, 5) is 0.872. The number of sulfonamides is 1. The third-order valence-corrected chi connectivity index (χ3v) is 7.58. The predicted octanol–water partition coefficient (Wildman–Crippen LogP) is 4.22. The van der Waals surface area contributed by atoms with Gasteiger partial charge in [-0.2, -0.15) is 0 Å². The number of aryl methyl sites for hydroxylation is 2. The summed E-state index contributed by atoms with van der Waals surface area (Å²) in [5.41, 5.74) is 3.13. The zero-order valence-corrected chi connectivity index (χ0v) is 15.4. The van der Waals surface area contributed by atoms with Crippen LogP contribution in [0.25, 0.3) is 0 Å². The van der Waals surface area contributed by atoms with Crippen molar-refractivity contribution in [2.45, 2.75) is 47.9 Å². The molecular formula is C19H20FNO2S2. The van der Waals surface area contributed by atoms with Crippen LogP contribution in [0.2, 0.25) is 0 Å². The number of fused-ring (bicyclic) bond motifs is 2. The Balaban J connectivity index is 1.64. The van der Waals surface area contributed by atoms with Crippen molar-refractivity contribution in [1.29, 1.82) is 0 Å². The Bertz CT molecular complexity index is 912. The fraction of sp³-hybridized carbons (Fsp3) is 0.368. The highest BCUT2D eigenvalue weighted by Crippen LogP contribution is 2.38. The van der Waals surface area contributed by atoms with Gasteiger partial charge in [0, 0.05) is 10.9 Å². The topological polar surface area (TPSA) is 46.2 Å². The molecule has 6 heteroatoms. The van der Waals surface area contributed by atoms with Crippen LogP contribution in [0.1, 0.15) is 42.0 Å². The van der Waals surface area contributed by atoms with E-state index in [4.69, 9.17) is 0 Å². The molecule has 3 nitrogen and oxygen atoms in total. The van der Waals surface area contributed by atoms with Crippen molar-refractivity contribution >= 4 is 21.8 Å². The van der Waals surface area contributed by atoms with Crippen molar-refractivity contribution in [2.75, 3.05) is 5.75 Å². The molecule has 1 heterocycles. The fourth-order valence-electron chi connectivity index (χ4n) is 3.64. The molecule has 0 spiro atoms. The maximum atomic E-state index is 14.0. The van der Waals surface area contributed by atoms with Crippen LogP contribution >= 0.6 is 11.8 Å². The van der Waals surface area contributed by atoms with E-state index in [1.807, 2.05) is 12.1 Å². The highest BCUT2D eigenvalue weighted by atomic mass is 32.2. The lowest BCUT2D eigenvalue weighted by molar-refractivity contribution is 0.533. The van der Waals surface area contributed by atoms with Gasteiger partial charge in [-0.25, -0.2) is 17.5 Å². The van der Waals surface area contributed by atoms with Crippen molar-refractivity contribution in [3.8, 4) is 0 Å². The molecule has 0 amide bonds. The minimum atomic E-state index is -3.63. The molecule has 1 aliphatic heterocycles. The van der Waals surface area contributed by atoms with Gasteiger partial charge < -0.3 is 0 Å². The zero-order chi connectivity index (χ0) is 17.4. The molecule has 1 aliphatic carbocycles. The zero-order valence-electron chi connectivity index (χ0n) is 13.8. The second-order valence-corrected chi connectivity index (χ2v) is 9.43. The molecule has 0 fully saturated rings. The summed E-state index contributed by atoms with van der Waals surface area (Å²) in [6, 6.07) is 9.93. The molecule has 1 N–H and O–H groups in total. The molecular weight excluding hydrogens is 357 g/mol. The third kappa shape index (κ3) is 3.35. The van der Waals surface area contributed by atoms with Crippen LogP contribution in [0.3, 0.4) is 0 Å². The summed E-state index contributed by atoms with van der Waals surface area (Å²) >= 11 is 1.45. The standard InChI is InChI=1S/C19H20FNO2S2/c20-17-7-3-6-16-18(10-11-24-19(16)17)21-25(22,23)15-9-8-13-4-1-2-5-14(13)12-15/h3,6-9,12,18,21H,1-2,4-5,10-11H2.